The zero-order valence-corrected chi connectivity index (χ0v) is 16.1. The molecule has 0 spiro atoms. The average Bonchev–Trinajstić information content (AvgIpc) is 2.70. The first-order chi connectivity index (χ1) is 13.5. The van der Waals surface area contributed by atoms with E-state index < -0.39 is 6.10 Å². The summed E-state index contributed by atoms with van der Waals surface area (Å²) in [4.78, 5) is 26.5. The van der Waals surface area contributed by atoms with Crippen LogP contribution < -0.4 is 29.2 Å². The summed E-state index contributed by atoms with van der Waals surface area (Å²) >= 11 is 0. The Morgan fingerprint density at radius 2 is 1.75 bits per heavy atom. The van der Waals surface area contributed by atoms with E-state index in [1.165, 1.54) is 26.2 Å². The summed E-state index contributed by atoms with van der Waals surface area (Å²) in [7, 11) is 6.14. The molecule has 2 amide bonds. The highest BCUT2D eigenvalue weighted by Gasteiger charge is 2.33. The van der Waals surface area contributed by atoms with Crippen molar-refractivity contribution in [3.05, 3.63) is 36.4 Å². The van der Waals surface area contributed by atoms with Crippen molar-refractivity contribution in [2.24, 2.45) is 0 Å². The van der Waals surface area contributed by atoms with Crippen LogP contribution in [0.5, 0.6) is 23.0 Å². The van der Waals surface area contributed by atoms with E-state index in [-0.39, 0.29) is 18.2 Å². The molecule has 1 aliphatic heterocycles. The number of methoxy groups -OCH3 is 3. The topological polar surface area (TPSA) is 86.3 Å². The maximum Gasteiger partial charge on any atom is 0.268 e. The van der Waals surface area contributed by atoms with Gasteiger partial charge in [0, 0.05) is 24.9 Å². The predicted molar refractivity (Wildman–Crippen MR) is 104 cm³/mol. The Bertz CT molecular complexity index is 873. The Hall–Kier alpha value is -3.42. The van der Waals surface area contributed by atoms with Gasteiger partial charge in [0.25, 0.3) is 5.91 Å². The van der Waals surface area contributed by atoms with Crippen molar-refractivity contribution in [1.82, 2.24) is 0 Å². The molecular formula is C20H22N2O6. The number of para-hydroxylation sites is 2. The number of hydrogen-bond donors (Lipinski definition) is 1. The summed E-state index contributed by atoms with van der Waals surface area (Å²) in [5.41, 5.74) is 1.13. The molecule has 2 aromatic rings. The quantitative estimate of drug-likeness (QED) is 0.821. The average molecular weight is 386 g/mol. The highest BCUT2D eigenvalue weighted by atomic mass is 16.5. The number of benzene rings is 2. The number of anilines is 2. The molecule has 0 bridgehead atoms. The molecule has 1 unspecified atom stereocenters. The van der Waals surface area contributed by atoms with Gasteiger partial charge in [-0.25, -0.2) is 0 Å². The lowest BCUT2D eigenvalue weighted by molar-refractivity contribution is -0.130. The number of carbonyl (C=O) groups excluding carboxylic acids is 2. The lowest BCUT2D eigenvalue weighted by Crippen LogP contribution is -2.45. The molecule has 148 valence electrons. The third kappa shape index (κ3) is 3.66. The van der Waals surface area contributed by atoms with Gasteiger partial charge in [0.05, 0.1) is 33.4 Å². The van der Waals surface area contributed by atoms with Gasteiger partial charge in [0.1, 0.15) is 5.75 Å². The number of fused-ring (bicyclic) bond motifs is 1. The molecule has 1 heterocycles. The molecule has 0 radical (unpaired) electrons. The van der Waals surface area contributed by atoms with Crippen LogP contribution in [-0.4, -0.2) is 46.3 Å². The summed E-state index contributed by atoms with van der Waals surface area (Å²) in [5.74, 6) is 1.16. The van der Waals surface area contributed by atoms with E-state index in [4.69, 9.17) is 18.9 Å². The first kappa shape index (κ1) is 19.3. The summed E-state index contributed by atoms with van der Waals surface area (Å²) < 4.78 is 21.6. The highest BCUT2D eigenvalue weighted by Crippen LogP contribution is 2.40. The predicted octanol–water partition coefficient (Wildman–Crippen LogP) is 2.47. The van der Waals surface area contributed by atoms with E-state index in [0.717, 1.165) is 0 Å². The van der Waals surface area contributed by atoms with Crippen LogP contribution in [0.25, 0.3) is 0 Å². The summed E-state index contributed by atoms with van der Waals surface area (Å²) in [6.07, 6.45) is -1.03. The molecule has 0 aliphatic carbocycles. The molecular weight excluding hydrogens is 364 g/mol. The zero-order chi connectivity index (χ0) is 20.3. The molecule has 0 saturated carbocycles. The van der Waals surface area contributed by atoms with E-state index in [2.05, 4.69) is 5.32 Å². The van der Waals surface area contributed by atoms with Gasteiger partial charge in [0.15, 0.2) is 17.6 Å². The monoisotopic (exact) mass is 386 g/mol. The van der Waals surface area contributed by atoms with Crippen molar-refractivity contribution >= 4 is 23.2 Å². The van der Waals surface area contributed by atoms with E-state index >= 15 is 0 Å². The van der Waals surface area contributed by atoms with Gasteiger partial charge in [-0.05, 0) is 12.1 Å². The second-order valence-corrected chi connectivity index (χ2v) is 6.14. The first-order valence-electron chi connectivity index (χ1n) is 8.61. The zero-order valence-electron chi connectivity index (χ0n) is 16.1. The van der Waals surface area contributed by atoms with Crippen LogP contribution in [0.3, 0.4) is 0 Å². The second kappa shape index (κ2) is 8.08. The Kier molecular flexibility index (Phi) is 5.58. The molecule has 2 aromatic carbocycles. The molecule has 0 fully saturated rings. The van der Waals surface area contributed by atoms with E-state index in [1.54, 1.807) is 31.3 Å². The first-order valence-corrected chi connectivity index (χ1v) is 8.61. The van der Waals surface area contributed by atoms with Crippen LogP contribution in [0, 0.1) is 0 Å². The summed E-state index contributed by atoms with van der Waals surface area (Å²) in [6.45, 7) is 0. The lowest BCUT2D eigenvalue weighted by Gasteiger charge is -2.31. The maximum absolute atomic E-state index is 12.5. The minimum Gasteiger partial charge on any atom is -0.493 e. The SMILES string of the molecule is COc1cc(NC(=O)CC2Oc3ccccc3N(C)C2=O)cc(OC)c1OC. The molecule has 3 rings (SSSR count). The standard InChI is InChI=1S/C20H22N2O6/c1-22-13-7-5-6-8-14(13)28-17(20(22)24)11-18(23)21-12-9-15(25-2)19(27-4)16(10-12)26-3/h5-10,17H,11H2,1-4H3,(H,21,23). The van der Waals surface area contributed by atoms with Crippen molar-refractivity contribution < 1.29 is 28.5 Å². The Labute approximate surface area is 162 Å². The van der Waals surface area contributed by atoms with Gasteiger partial charge in [-0.3, -0.25) is 9.59 Å². The van der Waals surface area contributed by atoms with Crippen LogP contribution in [0.2, 0.25) is 0 Å². The number of rotatable bonds is 6. The third-order valence-corrected chi connectivity index (χ3v) is 4.42. The summed E-state index contributed by atoms with van der Waals surface area (Å²) in [6, 6.07) is 10.4. The minimum absolute atomic E-state index is 0.131. The molecule has 8 nitrogen and oxygen atoms in total. The fourth-order valence-electron chi connectivity index (χ4n) is 3.03. The Morgan fingerprint density at radius 1 is 1.11 bits per heavy atom. The van der Waals surface area contributed by atoms with Gasteiger partial charge in [0.2, 0.25) is 11.7 Å². The number of likely N-dealkylation sites (N-methyl/N-ethyl adjacent to an activating group) is 1. The molecule has 0 aromatic heterocycles. The molecule has 0 saturated heterocycles. The molecule has 1 N–H and O–H groups in total. The Morgan fingerprint density at radius 3 is 2.36 bits per heavy atom. The number of hydrogen-bond acceptors (Lipinski definition) is 6. The van der Waals surface area contributed by atoms with Crippen molar-refractivity contribution in [2.45, 2.75) is 12.5 Å². The summed E-state index contributed by atoms with van der Waals surface area (Å²) in [5, 5.41) is 2.74. The van der Waals surface area contributed by atoms with Crippen LogP contribution >= 0.6 is 0 Å². The number of ether oxygens (including phenoxy) is 4. The fourth-order valence-corrected chi connectivity index (χ4v) is 3.03. The van der Waals surface area contributed by atoms with E-state index in [9.17, 15) is 9.59 Å². The van der Waals surface area contributed by atoms with Gasteiger partial charge in [-0.1, -0.05) is 12.1 Å². The number of nitrogens with zero attached hydrogens (tertiary/aromatic N) is 1. The van der Waals surface area contributed by atoms with Crippen LogP contribution in [-0.2, 0) is 9.59 Å². The number of amides is 2. The van der Waals surface area contributed by atoms with Crippen molar-refractivity contribution in [3.63, 3.8) is 0 Å². The van der Waals surface area contributed by atoms with Gasteiger partial charge < -0.3 is 29.2 Å². The van der Waals surface area contributed by atoms with Gasteiger partial charge in [-0.15, -0.1) is 0 Å². The molecule has 1 aliphatic rings. The Balaban J connectivity index is 1.75. The number of nitrogens with one attached hydrogen (secondary N) is 1. The van der Waals surface area contributed by atoms with Crippen LogP contribution in [0.15, 0.2) is 36.4 Å². The van der Waals surface area contributed by atoms with Crippen molar-refractivity contribution in [2.75, 3.05) is 38.6 Å². The second-order valence-electron chi connectivity index (χ2n) is 6.14. The smallest absolute Gasteiger partial charge is 0.268 e. The fraction of sp³-hybridized carbons (Fsp3) is 0.300. The maximum atomic E-state index is 12.5. The highest BCUT2D eigenvalue weighted by molar-refractivity contribution is 6.03. The molecule has 1 atom stereocenters. The van der Waals surface area contributed by atoms with Crippen molar-refractivity contribution in [3.8, 4) is 23.0 Å². The van der Waals surface area contributed by atoms with Crippen molar-refractivity contribution in [1.29, 1.82) is 0 Å². The number of carbonyl (C=O) groups is 2. The van der Waals surface area contributed by atoms with E-state index in [0.29, 0.717) is 34.4 Å². The van der Waals surface area contributed by atoms with E-state index in [1.807, 2.05) is 12.1 Å². The molecule has 8 heteroatoms. The largest absolute Gasteiger partial charge is 0.493 e. The third-order valence-electron chi connectivity index (χ3n) is 4.42. The minimum atomic E-state index is -0.901. The molecule has 28 heavy (non-hydrogen) atoms. The van der Waals surface area contributed by atoms with Crippen LogP contribution in [0.4, 0.5) is 11.4 Å². The lowest BCUT2D eigenvalue weighted by atomic mass is 10.1. The van der Waals surface area contributed by atoms with Crippen LogP contribution in [0.1, 0.15) is 6.42 Å². The normalized spacial score (nSPS) is 15.4. The van der Waals surface area contributed by atoms with Gasteiger partial charge >= 0.3 is 0 Å². The van der Waals surface area contributed by atoms with Gasteiger partial charge in [-0.2, -0.15) is 0 Å².